The summed E-state index contributed by atoms with van der Waals surface area (Å²) in [5.41, 5.74) is -0.169. The molecule has 2 rings (SSSR count). The van der Waals surface area contributed by atoms with Gasteiger partial charge in [-0.15, -0.1) is 24.8 Å². The number of hydrogen-bond donors (Lipinski definition) is 1. The second kappa shape index (κ2) is 9.82. The van der Waals surface area contributed by atoms with Crippen LogP contribution in [0.3, 0.4) is 0 Å². The van der Waals surface area contributed by atoms with Crippen molar-refractivity contribution in [3.63, 3.8) is 0 Å². The Bertz CT molecular complexity index is 537. The van der Waals surface area contributed by atoms with E-state index in [4.69, 9.17) is 0 Å². The van der Waals surface area contributed by atoms with E-state index in [1.54, 1.807) is 0 Å². The monoisotopic (exact) mass is 432 g/mol. The highest BCUT2D eigenvalue weighted by Crippen LogP contribution is 2.38. The van der Waals surface area contributed by atoms with Crippen LogP contribution >= 0.6 is 24.8 Å². The summed E-state index contributed by atoms with van der Waals surface area (Å²) in [6.07, 6.45) is -13.3. The molecule has 0 amide bonds. The first kappa shape index (κ1) is 25.0. The van der Waals surface area contributed by atoms with Gasteiger partial charge in [0.1, 0.15) is 11.8 Å². The molecule has 1 atom stereocenters. The van der Waals surface area contributed by atoms with E-state index < -0.39 is 30.5 Å². The molecule has 1 aliphatic heterocycles. The lowest BCUT2D eigenvalue weighted by Crippen LogP contribution is -2.49. The fraction of sp³-hybridized carbons (Fsp3) is 0.571. The summed E-state index contributed by atoms with van der Waals surface area (Å²) in [5, 5.41) is 2.93. The number of piperazine rings is 1. The molecule has 0 aromatic heterocycles. The third kappa shape index (κ3) is 6.33. The van der Waals surface area contributed by atoms with E-state index in [0.29, 0.717) is 13.1 Å². The molecule has 0 spiro atoms. The van der Waals surface area contributed by atoms with Gasteiger partial charge < -0.3 is 10.1 Å². The molecular formula is C14H17Cl2F7N2O. The molecule has 0 bridgehead atoms. The molecule has 26 heavy (non-hydrogen) atoms. The van der Waals surface area contributed by atoms with Crippen LogP contribution < -0.4 is 10.1 Å². The normalized spacial score (nSPS) is 17.2. The molecule has 1 saturated heterocycles. The minimum absolute atomic E-state index is 0. The van der Waals surface area contributed by atoms with Gasteiger partial charge in [0.05, 0.1) is 0 Å². The molecule has 1 heterocycles. The van der Waals surface area contributed by atoms with Crippen molar-refractivity contribution >= 4 is 24.8 Å². The zero-order valence-electron chi connectivity index (χ0n) is 13.1. The van der Waals surface area contributed by atoms with Crippen LogP contribution in [0.2, 0.25) is 0 Å². The van der Waals surface area contributed by atoms with Gasteiger partial charge in [0, 0.05) is 26.2 Å². The minimum atomic E-state index is -4.70. The van der Waals surface area contributed by atoms with Gasteiger partial charge in [-0.25, -0.2) is 0 Å². The molecule has 1 aromatic rings. The van der Waals surface area contributed by atoms with E-state index in [-0.39, 0.29) is 43.5 Å². The Morgan fingerprint density at radius 2 is 1.42 bits per heavy atom. The van der Waals surface area contributed by atoms with Crippen LogP contribution in [-0.4, -0.2) is 49.8 Å². The van der Waals surface area contributed by atoms with Crippen molar-refractivity contribution in [2.75, 3.05) is 26.2 Å². The molecule has 0 aliphatic carbocycles. The number of halogens is 9. The zero-order chi connectivity index (χ0) is 18.0. The Balaban J connectivity index is 0.00000312. The highest BCUT2D eigenvalue weighted by molar-refractivity contribution is 5.85. The summed E-state index contributed by atoms with van der Waals surface area (Å²) in [6, 6.07) is 1.66. The van der Waals surface area contributed by atoms with Crippen LogP contribution in [0.1, 0.15) is 11.6 Å². The number of hydrogen-bond acceptors (Lipinski definition) is 3. The zero-order valence-corrected chi connectivity index (χ0v) is 14.7. The molecule has 1 N–H and O–H groups in total. The SMILES string of the molecule is Cl.Cl.FC(F)C(F)(F)Oc1ccc([C@@H](N2CCNCC2)C(F)(F)F)cc1. The second-order valence-electron chi connectivity index (χ2n) is 5.26. The highest BCUT2D eigenvalue weighted by atomic mass is 35.5. The summed E-state index contributed by atoms with van der Waals surface area (Å²) in [5.74, 6) is -0.634. The summed E-state index contributed by atoms with van der Waals surface area (Å²) >= 11 is 0. The first-order valence-electron chi connectivity index (χ1n) is 7.07. The quantitative estimate of drug-likeness (QED) is 0.703. The van der Waals surface area contributed by atoms with Gasteiger partial charge in [0.15, 0.2) is 0 Å². The lowest BCUT2D eigenvalue weighted by molar-refractivity contribution is -0.253. The first-order chi connectivity index (χ1) is 11.1. The van der Waals surface area contributed by atoms with E-state index in [1.807, 2.05) is 0 Å². The van der Waals surface area contributed by atoms with Gasteiger partial charge in [-0.1, -0.05) is 12.1 Å². The van der Waals surface area contributed by atoms with Crippen LogP contribution in [0.15, 0.2) is 24.3 Å². The number of alkyl halides is 7. The number of nitrogens with one attached hydrogen (secondary N) is 1. The summed E-state index contributed by atoms with van der Waals surface area (Å²) in [4.78, 5) is 1.22. The van der Waals surface area contributed by atoms with Crippen molar-refractivity contribution in [3.05, 3.63) is 29.8 Å². The van der Waals surface area contributed by atoms with Crippen LogP contribution in [0.4, 0.5) is 30.7 Å². The van der Waals surface area contributed by atoms with Gasteiger partial charge in [-0.2, -0.15) is 30.7 Å². The fourth-order valence-corrected chi connectivity index (χ4v) is 2.47. The van der Waals surface area contributed by atoms with Crippen molar-refractivity contribution in [2.24, 2.45) is 0 Å². The average Bonchev–Trinajstić information content (AvgIpc) is 2.48. The van der Waals surface area contributed by atoms with Crippen molar-refractivity contribution in [1.82, 2.24) is 10.2 Å². The summed E-state index contributed by atoms with van der Waals surface area (Å²) in [7, 11) is 0. The van der Waals surface area contributed by atoms with Crippen LogP contribution in [0.5, 0.6) is 5.75 Å². The molecule has 3 nitrogen and oxygen atoms in total. The van der Waals surface area contributed by atoms with Gasteiger partial charge in [0.25, 0.3) is 0 Å². The Kier molecular flexibility index (Phi) is 9.45. The van der Waals surface area contributed by atoms with E-state index in [9.17, 15) is 30.7 Å². The van der Waals surface area contributed by atoms with E-state index >= 15 is 0 Å². The van der Waals surface area contributed by atoms with Crippen molar-refractivity contribution in [2.45, 2.75) is 24.8 Å². The number of rotatable bonds is 5. The molecule has 0 unspecified atom stereocenters. The molecule has 0 saturated carbocycles. The minimum Gasteiger partial charge on any atom is -0.428 e. The second-order valence-corrected chi connectivity index (χ2v) is 5.26. The first-order valence-corrected chi connectivity index (χ1v) is 7.07. The Labute approximate surface area is 157 Å². The molecule has 1 fully saturated rings. The topological polar surface area (TPSA) is 24.5 Å². The van der Waals surface area contributed by atoms with Gasteiger partial charge >= 0.3 is 18.7 Å². The molecule has 152 valence electrons. The van der Waals surface area contributed by atoms with Crippen LogP contribution in [-0.2, 0) is 0 Å². The summed E-state index contributed by atoms with van der Waals surface area (Å²) in [6.45, 7) is 1.14. The lowest BCUT2D eigenvalue weighted by atomic mass is 10.0. The molecule has 0 radical (unpaired) electrons. The average molecular weight is 433 g/mol. The smallest absolute Gasteiger partial charge is 0.428 e. The highest BCUT2D eigenvalue weighted by Gasteiger charge is 2.46. The molecule has 1 aromatic carbocycles. The van der Waals surface area contributed by atoms with Crippen LogP contribution in [0, 0.1) is 0 Å². The number of benzene rings is 1. The van der Waals surface area contributed by atoms with Gasteiger partial charge in [-0.05, 0) is 17.7 Å². The predicted molar refractivity (Wildman–Crippen MR) is 85.8 cm³/mol. The van der Waals surface area contributed by atoms with Crippen molar-refractivity contribution in [3.8, 4) is 5.75 Å². The van der Waals surface area contributed by atoms with Gasteiger partial charge in [-0.3, -0.25) is 4.90 Å². The third-order valence-corrected chi connectivity index (χ3v) is 3.53. The number of nitrogens with zero attached hydrogens (tertiary/aromatic N) is 1. The van der Waals surface area contributed by atoms with Crippen molar-refractivity contribution < 1.29 is 35.5 Å². The van der Waals surface area contributed by atoms with E-state index in [0.717, 1.165) is 24.3 Å². The van der Waals surface area contributed by atoms with E-state index in [1.165, 1.54) is 4.90 Å². The lowest BCUT2D eigenvalue weighted by Gasteiger charge is -2.36. The molecule has 1 aliphatic rings. The Morgan fingerprint density at radius 1 is 0.923 bits per heavy atom. The van der Waals surface area contributed by atoms with E-state index in [2.05, 4.69) is 10.1 Å². The summed E-state index contributed by atoms with van der Waals surface area (Å²) < 4.78 is 93.7. The maximum Gasteiger partial charge on any atom is 0.461 e. The fourth-order valence-electron chi connectivity index (χ4n) is 2.47. The molecular weight excluding hydrogens is 416 g/mol. The predicted octanol–water partition coefficient (Wildman–Crippen LogP) is 4.28. The third-order valence-electron chi connectivity index (χ3n) is 3.53. The number of ether oxygens (including phenoxy) is 1. The maximum absolute atomic E-state index is 13.4. The largest absolute Gasteiger partial charge is 0.461 e. The van der Waals surface area contributed by atoms with Crippen LogP contribution in [0.25, 0.3) is 0 Å². The Hall–Kier alpha value is -0.970. The maximum atomic E-state index is 13.4. The van der Waals surface area contributed by atoms with Crippen molar-refractivity contribution in [1.29, 1.82) is 0 Å². The van der Waals surface area contributed by atoms with Gasteiger partial charge in [0.2, 0.25) is 0 Å². The molecule has 12 heteroatoms. The Morgan fingerprint density at radius 3 is 1.85 bits per heavy atom. The standard InChI is InChI=1S/C14H15F7N2O.2ClH/c15-12(16)14(20,21)24-10-3-1-9(2-4-10)11(13(17,18)19)23-7-5-22-6-8-23;;/h1-4,11-12,22H,5-8H2;2*1H/t11-;;/m1../s1.